The van der Waals surface area contributed by atoms with E-state index >= 15 is 0 Å². The number of hydrogen-bond donors (Lipinski definition) is 1. The fourth-order valence-electron chi connectivity index (χ4n) is 7.55. The zero-order chi connectivity index (χ0) is 18.2. The molecular weight excluding hydrogens is 326 g/mol. The maximum Gasteiger partial charge on any atom is 0.172 e. The van der Waals surface area contributed by atoms with Crippen LogP contribution in [0.5, 0.6) is 0 Å². The Morgan fingerprint density at radius 3 is 2.54 bits per heavy atom. The number of rotatable bonds is 0. The van der Waals surface area contributed by atoms with Gasteiger partial charge in [0.1, 0.15) is 0 Å². The lowest BCUT2D eigenvalue weighted by Crippen LogP contribution is -2.55. The second-order valence-electron chi connectivity index (χ2n) is 10.0. The predicted octanol–water partition coefficient (Wildman–Crippen LogP) is 3.95. The van der Waals surface area contributed by atoms with Crippen molar-refractivity contribution < 1.29 is 14.6 Å². The Balaban J connectivity index is 1.47. The van der Waals surface area contributed by atoms with Crippen molar-refractivity contribution >= 4 is 0 Å². The molecule has 142 valence electrons. The SMILES string of the molecule is C[C@]12CCC3(CC1=CC[C@@H]1[C@H]4CC[C@](O)(C#N)[C@@]4(C)CC[C@@H]12)OCCO3. The summed E-state index contributed by atoms with van der Waals surface area (Å²) in [5.74, 6) is 1.38. The largest absolute Gasteiger partial charge is 0.375 e. The van der Waals surface area contributed by atoms with E-state index in [1.54, 1.807) is 5.57 Å². The molecule has 4 aliphatic carbocycles. The van der Waals surface area contributed by atoms with Gasteiger partial charge in [0.15, 0.2) is 11.4 Å². The highest BCUT2D eigenvalue weighted by molar-refractivity contribution is 5.28. The van der Waals surface area contributed by atoms with Gasteiger partial charge in [-0.3, -0.25) is 0 Å². The van der Waals surface area contributed by atoms with Crippen LogP contribution in [0.3, 0.4) is 0 Å². The van der Waals surface area contributed by atoms with Gasteiger partial charge in [0.2, 0.25) is 0 Å². The Labute approximate surface area is 156 Å². The summed E-state index contributed by atoms with van der Waals surface area (Å²) < 4.78 is 12.0. The summed E-state index contributed by atoms with van der Waals surface area (Å²) in [6.07, 6.45) is 10.4. The molecule has 5 rings (SSSR count). The average Bonchev–Trinajstić information content (AvgIpc) is 3.19. The molecule has 5 aliphatic rings. The van der Waals surface area contributed by atoms with Gasteiger partial charge in [0.05, 0.1) is 19.3 Å². The molecule has 6 atom stereocenters. The maximum absolute atomic E-state index is 11.0. The fourth-order valence-corrected chi connectivity index (χ4v) is 7.55. The third-order valence-electron chi connectivity index (χ3n) is 9.26. The standard InChI is InChI=1S/C22H31NO3/c1-19-9-10-22(25-11-12-26-22)13-15(19)3-4-16-17(19)5-7-20(2)18(16)6-8-21(20,24)14-23/h3,16-18,24H,4-13H2,1-2H3/t16-,17-,18+,19-,20-,21-/m0/s1. The fraction of sp³-hybridized carbons (Fsp3) is 0.864. The van der Waals surface area contributed by atoms with E-state index in [1.807, 2.05) is 0 Å². The van der Waals surface area contributed by atoms with Gasteiger partial charge in [-0.05, 0) is 61.7 Å². The van der Waals surface area contributed by atoms with Crippen LogP contribution in [0.1, 0.15) is 65.2 Å². The van der Waals surface area contributed by atoms with Crippen LogP contribution >= 0.6 is 0 Å². The van der Waals surface area contributed by atoms with E-state index in [0.717, 1.165) is 58.2 Å². The number of aliphatic hydroxyl groups is 1. The Bertz CT molecular complexity index is 690. The van der Waals surface area contributed by atoms with Crippen molar-refractivity contribution in [1.82, 2.24) is 0 Å². The van der Waals surface area contributed by atoms with Crippen LogP contribution < -0.4 is 0 Å². The summed E-state index contributed by atoms with van der Waals surface area (Å²) in [5.41, 5.74) is 0.412. The van der Waals surface area contributed by atoms with Gasteiger partial charge in [-0.25, -0.2) is 0 Å². The Morgan fingerprint density at radius 2 is 1.81 bits per heavy atom. The molecule has 1 heterocycles. The van der Waals surface area contributed by atoms with Crippen molar-refractivity contribution in [3.63, 3.8) is 0 Å². The Kier molecular flexibility index (Phi) is 3.54. The summed E-state index contributed by atoms with van der Waals surface area (Å²) >= 11 is 0. The minimum absolute atomic E-state index is 0.234. The second-order valence-corrected chi connectivity index (χ2v) is 10.0. The van der Waals surface area contributed by atoms with E-state index in [9.17, 15) is 10.4 Å². The number of nitriles is 1. The third-order valence-corrected chi connectivity index (χ3v) is 9.26. The molecular formula is C22H31NO3. The molecule has 4 heteroatoms. The topological polar surface area (TPSA) is 62.5 Å². The van der Waals surface area contributed by atoms with E-state index < -0.39 is 5.60 Å². The quantitative estimate of drug-likeness (QED) is 0.527. The molecule has 0 amide bonds. The number of fused-ring (bicyclic) bond motifs is 5. The van der Waals surface area contributed by atoms with Crippen LogP contribution in [-0.4, -0.2) is 29.7 Å². The smallest absolute Gasteiger partial charge is 0.172 e. The number of hydrogen-bond acceptors (Lipinski definition) is 4. The van der Waals surface area contributed by atoms with Crippen molar-refractivity contribution in [2.45, 2.75) is 76.6 Å². The summed E-state index contributed by atoms with van der Waals surface area (Å²) in [6, 6.07) is 2.28. The van der Waals surface area contributed by atoms with E-state index in [-0.39, 0.29) is 16.6 Å². The number of ether oxygens (including phenoxy) is 2. The van der Waals surface area contributed by atoms with Crippen LogP contribution in [0.4, 0.5) is 0 Å². The first-order valence-corrected chi connectivity index (χ1v) is 10.5. The van der Waals surface area contributed by atoms with Crippen molar-refractivity contribution in [3.8, 4) is 6.07 Å². The second kappa shape index (κ2) is 5.34. The molecule has 4 nitrogen and oxygen atoms in total. The molecule has 4 fully saturated rings. The van der Waals surface area contributed by atoms with E-state index in [0.29, 0.717) is 24.2 Å². The molecule has 0 aromatic rings. The van der Waals surface area contributed by atoms with Crippen LogP contribution in [0.25, 0.3) is 0 Å². The monoisotopic (exact) mass is 357 g/mol. The molecule has 0 aromatic carbocycles. The minimum atomic E-state index is -1.13. The first kappa shape index (κ1) is 17.2. The van der Waals surface area contributed by atoms with Crippen molar-refractivity contribution in [2.24, 2.45) is 28.6 Å². The molecule has 1 spiro atoms. The lowest BCUT2D eigenvalue weighted by atomic mass is 9.47. The first-order valence-electron chi connectivity index (χ1n) is 10.5. The normalized spacial score (nSPS) is 51.9. The van der Waals surface area contributed by atoms with Gasteiger partial charge in [0, 0.05) is 18.3 Å². The maximum atomic E-state index is 11.0. The molecule has 3 saturated carbocycles. The molecule has 0 bridgehead atoms. The first-order chi connectivity index (χ1) is 12.4. The molecule has 0 unspecified atom stereocenters. The third kappa shape index (κ3) is 2.00. The number of allylic oxidation sites excluding steroid dienone is 1. The van der Waals surface area contributed by atoms with Crippen molar-refractivity contribution in [2.75, 3.05) is 13.2 Å². The van der Waals surface area contributed by atoms with Crippen LogP contribution in [0.15, 0.2) is 11.6 Å². The lowest BCUT2D eigenvalue weighted by molar-refractivity contribution is -0.186. The molecule has 1 aliphatic heterocycles. The summed E-state index contributed by atoms with van der Waals surface area (Å²) in [4.78, 5) is 0. The van der Waals surface area contributed by atoms with E-state index in [4.69, 9.17) is 9.47 Å². The molecule has 0 aromatic heterocycles. The molecule has 26 heavy (non-hydrogen) atoms. The highest BCUT2D eigenvalue weighted by Gasteiger charge is 2.64. The summed E-state index contributed by atoms with van der Waals surface area (Å²) in [6.45, 7) is 6.10. The van der Waals surface area contributed by atoms with Gasteiger partial charge in [-0.2, -0.15) is 5.26 Å². The summed E-state index contributed by atoms with van der Waals surface area (Å²) in [5, 5.41) is 20.6. The molecule has 1 N–H and O–H groups in total. The van der Waals surface area contributed by atoms with Crippen LogP contribution in [-0.2, 0) is 9.47 Å². The van der Waals surface area contributed by atoms with Crippen molar-refractivity contribution in [3.05, 3.63) is 11.6 Å². The Hall–Kier alpha value is -0.890. The predicted molar refractivity (Wildman–Crippen MR) is 96.9 cm³/mol. The van der Waals surface area contributed by atoms with Gasteiger partial charge in [-0.15, -0.1) is 0 Å². The van der Waals surface area contributed by atoms with Gasteiger partial charge in [-0.1, -0.05) is 25.5 Å². The van der Waals surface area contributed by atoms with Crippen molar-refractivity contribution in [1.29, 1.82) is 5.26 Å². The van der Waals surface area contributed by atoms with Gasteiger partial charge < -0.3 is 14.6 Å². The molecule has 1 saturated heterocycles. The van der Waals surface area contributed by atoms with E-state index in [1.165, 1.54) is 0 Å². The Morgan fingerprint density at radius 1 is 1.08 bits per heavy atom. The highest BCUT2D eigenvalue weighted by atomic mass is 16.7. The highest BCUT2D eigenvalue weighted by Crippen LogP contribution is 2.67. The molecule has 0 radical (unpaired) electrons. The summed E-state index contributed by atoms with van der Waals surface area (Å²) in [7, 11) is 0. The van der Waals surface area contributed by atoms with Crippen LogP contribution in [0.2, 0.25) is 0 Å². The van der Waals surface area contributed by atoms with Gasteiger partial charge in [0.25, 0.3) is 0 Å². The number of nitrogens with zero attached hydrogens (tertiary/aromatic N) is 1. The zero-order valence-corrected chi connectivity index (χ0v) is 16.1. The zero-order valence-electron chi connectivity index (χ0n) is 16.1. The van der Waals surface area contributed by atoms with Gasteiger partial charge >= 0.3 is 0 Å². The minimum Gasteiger partial charge on any atom is -0.375 e. The van der Waals surface area contributed by atoms with Crippen LogP contribution in [0, 0.1) is 39.9 Å². The van der Waals surface area contributed by atoms with E-state index in [2.05, 4.69) is 26.0 Å². The average molecular weight is 357 g/mol. The lowest BCUT2D eigenvalue weighted by Gasteiger charge is -2.59.